The molecule has 0 saturated carbocycles. The molecule has 136 valence electrons. The molecule has 1 fully saturated rings. The summed E-state index contributed by atoms with van der Waals surface area (Å²) in [5.74, 6) is -0.346. The second-order valence-electron chi connectivity index (χ2n) is 6.37. The summed E-state index contributed by atoms with van der Waals surface area (Å²) in [6, 6.07) is 21.0. The van der Waals surface area contributed by atoms with E-state index in [-0.39, 0.29) is 12.5 Å². The molecule has 4 rings (SSSR count). The standard InChI is InChI=1S/C21H17ClN2O3/c22-17-9-7-14(8-10-17)19(24-20(25)18-12-23-21(26)27-18)16-6-5-13-3-1-2-4-15(13)11-16/h1-11,18-19H,12H2,(H,23,26)(H,24,25). The molecule has 27 heavy (non-hydrogen) atoms. The number of carbonyl (C=O) groups excluding carboxylic acids is 2. The van der Waals surface area contributed by atoms with Crippen molar-refractivity contribution in [3.05, 3.63) is 82.9 Å². The van der Waals surface area contributed by atoms with Crippen LogP contribution < -0.4 is 10.6 Å². The van der Waals surface area contributed by atoms with Crippen molar-refractivity contribution in [2.45, 2.75) is 12.1 Å². The Labute approximate surface area is 161 Å². The molecular weight excluding hydrogens is 364 g/mol. The number of amides is 2. The van der Waals surface area contributed by atoms with Gasteiger partial charge in [0, 0.05) is 5.02 Å². The summed E-state index contributed by atoms with van der Waals surface area (Å²) in [4.78, 5) is 23.9. The van der Waals surface area contributed by atoms with Crippen molar-refractivity contribution in [1.82, 2.24) is 10.6 Å². The van der Waals surface area contributed by atoms with Gasteiger partial charge in [0.2, 0.25) is 0 Å². The lowest BCUT2D eigenvalue weighted by atomic mass is 9.96. The summed E-state index contributed by atoms with van der Waals surface area (Å²) in [6.45, 7) is 0.162. The number of hydrogen-bond donors (Lipinski definition) is 2. The highest BCUT2D eigenvalue weighted by atomic mass is 35.5. The van der Waals surface area contributed by atoms with E-state index in [0.29, 0.717) is 5.02 Å². The molecule has 2 atom stereocenters. The Balaban J connectivity index is 1.69. The first-order valence-electron chi connectivity index (χ1n) is 8.59. The van der Waals surface area contributed by atoms with Crippen LogP contribution in [0.1, 0.15) is 17.2 Å². The number of cyclic esters (lactones) is 1. The van der Waals surface area contributed by atoms with Crippen molar-refractivity contribution in [1.29, 1.82) is 0 Å². The van der Waals surface area contributed by atoms with Crippen LogP contribution in [0.25, 0.3) is 10.8 Å². The maximum Gasteiger partial charge on any atom is 0.408 e. The first-order valence-corrected chi connectivity index (χ1v) is 8.97. The van der Waals surface area contributed by atoms with E-state index in [1.165, 1.54) is 0 Å². The van der Waals surface area contributed by atoms with Gasteiger partial charge in [-0.3, -0.25) is 4.79 Å². The minimum absolute atomic E-state index is 0.162. The summed E-state index contributed by atoms with van der Waals surface area (Å²) in [5, 5.41) is 8.32. The number of carbonyl (C=O) groups is 2. The molecule has 6 heteroatoms. The van der Waals surface area contributed by atoms with Crippen molar-refractivity contribution < 1.29 is 14.3 Å². The highest BCUT2D eigenvalue weighted by Gasteiger charge is 2.31. The lowest BCUT2D eigenvalue weighted by Crippen LogP contribution is -2.39. The molecular formula is C21H17ClN2O3. The van der Waals surface area contributed by atoms with E-state index in [4.69, 9.17) is 16.3 Å². The fourth-order valence-corrected chi connectivity index (χ4v) is 3.30. The molecule has 2 amide bonds. The van der Waals surface area contributed by atoms with Gasteiger partial charge in [0.25, 0.3) is 5.91 Å². The van der Waals surface area contributed by atoms with Crippen molar-refractivity contribution in [3.8, 4) is 0 Å². The van der Waals surface area contributed by atoms with Gasteiger partial charge in [0.15, 0.2) is 6.10 Å². The van der Waals surface area contributed by atoms with E-state index in [0.717, 1.165) is 21.9 Å². The summed E-state index contributed by atoms with van der Waals surface area (Å²) in [5.41, 5.74) is 1.82. The molecule has 2 unspecified atom stereocenters. The second kappa shape index (κ2) is 7.29. The van der Waals surface area contributed by atoms with Gasteiger partial charge < -0.3 is 15.4 Å². The third-order valence-corrected chi connectivity index (χ3v) is 4.82. The number of fused-ring (bicyclic) bond motifs is 1. The van der Waals surface area contributed by atoms with Crippen LogP contribution in [0.15, 0.2) is 66.7 Å². The molecule has 3 aromatic carbocycles. The number of alkyl carbamates (subject to hydrolysis) is 1. The van der Waals surface area contributed by atoms with E-state index >= 15 is 0 Å². The van der Waals surface area contributed by atoms with Crippen molar-refractivity contribution in [3.63, 3.8) is 0 Å². The van der Waals surface area contributed by atoms with Crippen LogP contribution in [0.3, 0.4) is 0 Å². The predicted molar refractivity (Wildman–Crippen MR) is 104 cm³/mol. The van der Waals surface area contributed by atoms with Crippen LogP contribution in [-0.4, -0.2) is 24.6 Å². The molecule has 0 radical (unpaired) electrons. The van der Waals surface area contributed by atoms with Gasteiger partial charge >= 0.3 is 6.09 Å². The number of rotatable bonds is 4. The normalized spacial score (nSPS) is 17.2. The van der Waals surface area contributed by atoms with Crippen molar-refractivity contribution in [2.75, 3.05) is 6.54 Å². The van der Waals surface area contributed by atoms with Crippen LogP contribution in [0.2, 0.25) is 5.02 Å². The molecule has 5 nitrogen and oxygen atoms in total. The Hall–Kier alpha value is -3.05. The number of nitrogens with one attached hydrogen (secondary N) is 2. The lowest BCUT2D eigenvalue weighted by Gasteiger charge is -2.22. The van der Waals surface area contributed by atoms with Gasteiger partial charge in [-0.05, 0) is 40.1 Å². The average Bonchev–Trinajstić information content (AvgIpc) is 3.13. The minimum Gasteiger partial charge on any atom is -0.434 e. The molecule has 1 saturated heterocycles. The largest absolute Gasteiger partial charge is 0.434 e. The van der Waals surface area contributed by atoms with E-state index in [1.807, 2.05) is 54.6 Å². The zero-order valence-electron chi connectivity index (χ0n) is 14.3. The van der Waals surface area contributed by atoms with E-state index < -0.39 is 18.2 Å². The Kier molecular flexibility index (Phi) is 4.69. The monoisotopic (exact) mass is 380 g/mol. The Morgan fingerprint density at radius 3 is 2.44 bits per heavy atom. The smallest absolute Gasteiger partial charge is 0.408 e. The first kappa shape index (κ1) is 17.4. The van der Waals surface area contributed by atoms with Crippen LogP contribution in [0.4, 0.5) is 4.79 Å². The summed E-state index contributed by atoms with van der Waals surface area (Å²) in [6.07, 6.45) is -1.42. The zero-order chi connectivity index (χ0) is 18.8. The van der Waals surface area contributed by atoms with Crippen molar-refractivity contribution in [2.24, 2.45) is 0 Å². The van der Waals surface area contributed by atoms with Gasteiger partial charge in [0.05, 0.1) is 12.6 Å². The second-order valence-corrected chi connectivity index (χ2v) is 6.81. The molecule has 1 heterocycles. The fourth-order valence-electron chi connectivity index (χ4n) is 3.17. The predicted octanol–water partition coefficient (Wildman–Crippen LogP) is 3.81. The highest BCUT2D eigenvalue weighted by molar-refractivity contribution is 6.30. The molecule has 0 spiro atoms. The average molecular weight is 381 g/mol. The van der Waals surface area contributed by atoms with Crippen molar-refractivity contribution >= 4 is 34.4 Å². The Morgan fingerprint density at radius 2 is 1.74 bits per heavy atom. The summed E-state index contributed by atoms with van der Waals surface area (Å²) in [7, 11) is 0. The fraction of sp³-hybridized carbons (Fsp3) is 0.143. The van der Waals surface area contributed by atoms with Crippen LogP contribution in [-0.2, 0) is 9.53 Å². The van der Waals surface area contributed by atoms with Crippen LogP contribution in [0, 0.1) is 0 Å². The Bertz CT molecular complexity index is 1000. The summed E-state index contributed by atoms with van der Waals surface area (Å²) < 4.78 is 5.00. The number of ether oxygens (including phenoxy) is 1. The maximum atomic E-state index is 12.6. The van der Waals surface area contributed by atoms with E-state index in [1.54, 1.807) is 12.1 Å². The molecule has 0 aromatic heterocycles. The third kappa shape index (κ3) is 3.73. The topological polar surface area (TPSA) is 67.4 Å². The molecule has 0 bridgehead atoms. The van der Waals surface area contributed by atoms with Gasteiger partial charge in [-0.25, -0.2) is 4.79 Å². The SMILES string of the molecule is O=C1NCC(C(=O)NC(c2ccc(Cl)cc2)c2ccc3ccccc3c2)O1. The minimum atomic E-state index is -0.840. The Morgan fingerprint density at radius 1 is 1.04 bits per heavy atom. The first-order chi connectivity index (χ1) is 13.1. The van der Waals surface area contributed by atoms with Gasteiger partial charge in [-0.1, -0.05) is 60.1 Å². The maximum absolute atomic E-state index is 12.6. The van der Waals surface area contributed by atoms with Gasteiger partial charge in [-0.2, -0.15) is 0 Å². The molecule has 2 N–H and O–H groups in total. The van der Waals surface area contributed by atoms with E-state index in [9.17, 15) is 9.59 Å². The molecule has 1 aliphatic heterocycles. The lowest BCUT2D eigenvalue weighted by molar-refractivity contribution is -0.128. The quantitative estimate of drug-likeness (QED) is 0.723. The summed E-state index contributed by atoms with van der Waals surface area (Å²) >= 11 is 6.01. The van der Waals surface area contributed by atoms with E-state index in [2.05, 4.69) is 10.6 Å². The van der Waals surface area contributed by atoms with Gasteiger partial charge in [-0.15, -0.1) is 0 Å². The number of hydrogen-bond acceptors (Lipinski definition) is 3. The number of halogens is 1. The van der Waals surface area contributed by atoms with Gasteiger partial charge in [0.1, 0.15) is 0 Å². The molecule has 0 aliphatic carbocycles. The number of benzene rings is 3. The third-order valence-electron chi connectivity index (χ3n) is 4.57. The highest BCUT2D eigenvalue weighted by Crippen LogP contribution is 2.27. The zero-order valence-corrected chi connectivity index (χ0v) is 15.1. The molecule has 3 aromatic rings. The molecule has 1 aliphatic rings. The van der Waals surface area contributed by atoms with Crippen LogP contribution >= 0.6 is 11.6 Å². The van der Waals surface area contributed by atoms with Crippen LogP contribution in [0.5, 0.6) is 0 Å².